The standard InChI is InChI=1S/C15H13N3O3S/c1-8(19)13-11-7-22-14(16)12(11)15(20)18(17-13)9-3-5-10(21-2)6-4-9/h3-7H,16H2,1-2H3. The number of fused-ring (bicyclic) bond motifs is 1. The molecule has 7 heteroatoms. The molecule has 3 rings (SSSR count). The number of methoxy groups -OCH3 is 1. The topological polar surface area (TPSA) is 87.2 Å². The molecule has 0 atom stereocenters. The Labute approximate surface area is 129 Å². The third-order valence-corrected chi connectivity index (χ3v) is 4.14. The normalized spacial score (nSPS) is 10.8. The van der Waals surface area contributed by atoms with Gasteiger partial charge < -0.3 is 10.5 Å². The molecule has 112 valence electrons. The van der Waals surface area contributed by atoms with E-state index in [9.17, 15) is 9.59 Å². The van der Waals surface area contributed by atoms with E-state index in [0.717, 1.165) is 0 Å². The average molecular weight is 315 g/mol. The molecule has 2 heterocycles. The van der Waals surface area contributed by atoms with Gasteiger partial charge in [-0.15, -0.1) is 11.3 Å². The molecule has 0 bridgehead atoms. The maximum atomic E-state index is 12.6. The molecular weight excluding hydrogens is 302 g/mol. The second kappa shape index (κ2) is 5.27. The van der Waals surface area contributed by atoms with E-state index >= 15 is 0 Å². The Kier molecular flexibility index (Phi) is 3.42. The van der Waals surface area contributed by atoms with Gasteiger partial charge in [-0.2, -0.15) is 9.78 Å². The molecule has 0 unspecified atom stereocenters. The summed E-state index contributed by atoms with van der Waals surface area (Å²) >= 11 is 1.23. The molecule has 3 aromatic rings. The van der Waals surface area contributed by atoms with Gasteiger partial charge in [-0.3, -0.25) is 9.59 Å². The molecule has 0 radical (unpaired) electrons. The SMILES string of the molecule is COc1ccc(-n2nc(C(C)=O)c3csc(N)c3c2=O)cc1. The number of benzene rings is 1. The van der Waals surface area contributed by atoms with Crippen molar-refractivity contribution in [3.63, 3.8) is 0 Å². The zero-order valence-electron chi connectivity index (χ0n) is 12.0. The van der Waals surface area contributed by atoms with E-state index in [1.165, 1.54) is 22.9 Å². The fraction of sp³-hybridized carbons (Fsp3) is 0.133. The van der Waals surface area contributed by atoms with Crippen LogP contribution in [0.2, 0.25) is 0 Å². The lowest BCUT2D eigenvalue weighted by Crippen LogP contribution is -2.24. The molecule has 22 heavy (non-hydrogen) atoms. The van der Waals surface area contributed by atoms with Crippen LogP contribution in [-0.4, -0.2) is 22.7 Å². The highest BCUT2D eigenvalue weighted by Crippen LogP contribution is 2.27. The summed E-state index contributed by atoms with van der Waals surface area (Å²) in [5, 5.41) is 7.11. The Morgan fingerprint density at radius 2 is 2.00 bits per heavy atom. The van der Waals surface area contributed by atoms with Gasteiger partial charge in [0.1, 0.15) is 11.4 Å². The molecule has 0 aliphatic heterocycles. The van der Waals surface area contributed by atoms with Crippen molar-refractivity contribution in [2.75, 3.05) is 12.8 Å². The Morgan fingerprint density at radius 3 is 2.59 bits per heavy atom. The van der Waals surface area contributed by atoms with Crippen LogP contribution in [0.25, 0.3) is 16.5 Å². The predicted octanol–water partition coefficient (Wildman–Crippen LogP) is 2.24. The van der Waals surface area contributed by atoms with Crippen molar-refractivity contribution in [3.8, 4) is 11.4 Å². The minimum atomic E-state index is -0.344. The summed E-state index contributed by atoms with van der Waals surface area (Å²) in [6, 6.07) is 6.84. The first-order valence-electron chi connectivity index (χ1n) is 6.48. The largest absolute Gasteiger partial charge is 0.497 e. The zero-order chi connectivity index (χ0) is 15.9. The number of carbonyl (C=O) groups excluding carboxylic acids is 1. The second-order valence-electron chi connectivity index (χ2n) is 4.71. The van der Waals surface area contributed by atoms with Gasteiger partial charge in [0, 0.05) is 17.7 Å². The summed E-state index contributed by atoms with van der Waals surface area (Å²) in [4.78, 5) is 24.5. The first-order valence-corrected chi connectivity index (χ1v) is 7.36. The predicted molar refractivity (Wildman–Crippen MR) is 86.2 cm³/mol. The molecule has 0 aliphatic carbocycles. The Morgan fingerprint density at radius 1 is 1.32 bits per heavy atom. The van der Waals surface area contributed by atoms with Crippen molar-refractivity contribution in [2.45, 2.75) is 6.92 Å². The maximum absolute atomic E-state index is 12.6. The van der Waals surface area contributed by atoms with Crippen molar-refractivity contribution in [2.24, 2.45) is 0 Å². The summed E-state index contributed by atoms with van der Waals surface area (Å²) in [5.41, 5.74) is 6.32. The van der Waals surface area contributed by atoms with Gasteiger partial charge in [-0.25, -0.2) is 0 Å². The van der Waals surface area contributed by atoms with Gasteiger partial charge in [-0.05, 0) is 24.3 Å². The lowest BCUT2D eigenvalue weighted by Gasteiger charge is -2.08. The number of ether oxygens (including phenoxy) is 1. The van der Waals surface area contributed by atoms with Crippen molar-refractivity contribution in [1.29, 1.82) is 0 Å². The Bertz CT molecular complexity index is 926. The van der Waals surface area contributed by atoms with Crippen LogP contribution < -0.4 is 16.0 Å². The lowest BCUT2D eigenvalue weighted by atomic mass is 10.2. The van der Waals surface area contributed by atoms with Gasteiger partial charge in [0.2, 0.25) is 0 Å². The van der Waals surface area contributed by atoms with Crippen molar-refractivity contribution in [3.05, 3.63) is 45.7 Å². The maximum Gasteiger partial charge on any atom is 0.282 e. The van der Waals surface area contributed by atoms with Crippen molar-refractivity contribution < 1.29 is 9.53 Å². The molecule has 0 saturated carbocycles. The van der Waals surface area contributed by atoms with Crippen LogP contribution in [0.5, 0.6) is 5.75 Å². The molecule has 0 saturated heterocycles. The number of carbonyl (C=O) groups is 1. The molecule has 2 N–H and O–H groups in total. The molecule has 1 aromatic carbocycles. The smallest absolute Gasteiger partial charge is 0.282 e. The van der Waals surface area contributed by atoms with Crippen LogP contribution in [0.1, 0.15) is 17.4 Å². The van der Waals surface area contributed by atoms with Gasteiger partial charge in [0.15, 0.2) is 5.78 Å². The monoisotopic (exact) mass is 315 g/mol. The molecule has 0 aliphatic rings. The van der Waals surface area contributed by atoms with Gasteiger partial charge in [-0.1, -0.05) is 0 Å². The fourth-order valence-corrected chi connectivity index (χ4v) is 3.02. The molecule has 2 aromatic heterocycles. The quantitative estimate of drug-likeness (QED) is 0.749. The minimum Gasteiger partial charge on any atom is -0.497 e. The third-order valence-electron chi connectivity index (χ3n) is 3.33. The highest BCUT2D eigenvalue weighted by atomic mass is 32.1. The van der Waals surface area contributed by atoms with E-state index < -0.39 is 0 Å². The summed E-state index contributed by atoms with van der Waals surface area (Å²) in [6.45, 7) is 1.42. The molecule has 0 amide bonds. The second-order valence-corrected chi connectivity index (χ2v) is 5.62. The number of ketones is 1. The average Bonchev–Trinajstić information content (AvgIpc) is 2.90. The van der Waals surface area contributed by atoms with Gasteiger partial charge >= 0.3 is 0 Å². The van der Waals surface area contributed by atoms with Crippen LogP contribution in [-0.2, 0) is 0 Å². The number of hydrogen-bond donors (Lipinski definition) is 1. The molecule has 0 fully saturated rings. The van der Waals surface area contributed by atoms with Crippen LogP contribution in [0.3, 0.4) is 0 Å². The number of nitrogen functional groups attached to an aromatic ring is 1. The number of anilines is 1. The van der Waals surface area contributed by atoms with Gasteiger partial charge in [0.25, 0.3) is 5.56 Å². The first kappa shape index (κ1) is 14.3. The summed E-state index contributed by atoms with van der Waals surface area (Å²) < 4.78 is 6.29. The number of nitrogens with two attached hydrogens (primary N) is 1. The Balaban J connectivity index is 2.33. The van der Waals surface area contributed by atoms with E-state index in [-0.39, 0.29) is 17.0 Å². The van der Waals surface area contributed by atoms with Crippen LogP contribution in [0, 0.1) is 0 Å². The van der Waals surface area contributed by atoms with E-state index in [1.54, 1.807) is 36.8 Å². The van der Waals surface area contributed by atoms with E-state index in [0.29, 0.717) is 27.2 Å². The van der Waals surface area contributed by atoms with E-state index in [2.05, 4.69) is 5.10 Å². The van der Waals surface area contributed by atoms with Crippen molar-refractivity contribution in [1.82, 2.24) is 9.78 Å². The van der Waals surface area contributed by atoms with Crippen molar-refractivity contribution >= 4 is 32.9 Å². The summed E-state index contributed by atoms with van der Waals surface area (Å²) in [6.07, 6.45) is 0. The number of hydrogen-bond acceptors (Lipinski definition) is 6. The van der Waals surface area contributed by atoms with Crippen LogP contribution >= 0.6 is 11.3 Å². The van der Waals surface area contributed by atoms with Crippen LogP contribution in [0.4, 0.5) is 5.00 Å². The van der Waals surface area contributed by atoms with Crippen LogP contribution in [0.15, 0.2) is 34.4 Å². The minimum absolute atomic E-state index is 0.218. The lowest BCUT2D eigenvalue weighted by molar-refractivity contribution is 0.101. The number of Topliss-reactive ketones (excluding diaryl/α,β-unsaturated/α-hetero) is 1. The Hall–Kier alpha value is -2.67. The fourth-order valence-electron chi connectivity index (χ4n) is 2.23. The summed E-state index contributed by atoms with van der Waals surface area (Å²) in [7, 11) is 1.56. The zero-order valence-corrected chi connectivity index (χ0v) is 12.8. The number of aromatic nitrogens is 2. The first-order chi connectivity index (χ1) is 10.5. The highest BCUT2D eigenvalue weighted by molar-refractivity contribution is 7.15. The summed E-state index contributed by atoms with van der Waals surface area (Å²) in [5.74, 6) is 0.449. The van der Waals surface area contributed by atoms with E-state index in [4.69, 9.17) is 10.5 Å². The highest BCUT2D eigenvalue weighted by Gasteiger charge is 2.18. The molecule has 6 nitrogen and oxygen atoms in total. The van der Waals surface area contributed by atoms with E-state index in [1.807, 2.05) is 0 Å². The molecular formula is C15H13N3O3S. The molecule has 0 spiro atoms. The third kappa shape index (κ3) is 2.15. The number of rotatable bonds is 3. The van der Waals surface area contributed by atoms with Gasteiger partial charge in [0.05, 0.1) is 23.2 Å². The number of thiophene rings is 1. The number of nitrogens with zero attached hydrogens (tertiary/aromatic N) is 2.